The molecule has 1 aromatic rings. The van der Waals surface area contributed by atoms with Gasteiger partial charge < -0.3 is 5.32 Å². The second-order valence-corrected chi connectivity index (χ2v) is 4.89. The molecule has 1 N–H and O–H groups in total. The second kappa shape index (κ2) is 7.23. The highest BCUT2D eigenvalue weighted by Crippen LogP contribution is 2.16. The third-order valence-corrected chi connectivity index (χ3v) is 3.68. The van der Waals surface area contributed by atoms with E-state index in [1.807, 2.05) is 18.8 Å². The van der Waals surface area contributed by atoms with Gasteiger partial charge >= 0.3 is 0 Å². The van der Waals surface area contributed by atoms with E-state index in [1.54, 1.807) is 0 Å². The molecule has 0 aliphatic heterocycles. The van der Waals surface area contributed by atoms with E-state index >= 15 is 0 Å². The minimum Gasteiger partial charge on any atom is -0.317 e. The van der Waals surface area contributed by atoms with Gasteiger partial charge in [-0.25, -0.2) is 0 Å². The Balaban J connectivity index is 2.49. The van der Waals surface area contributed by atoms with Crippen molar-refractivity contribution in [2.24, 2.45) is 7.05 Å². The van der Waals surface area contributed by atoms with E-state index in [9.17, 15) is 0 Å². The fraction of sp³-hybridized carbons (Fsp3) is 0.667. The van der Waals surface area contributed by atoms with Crippen LogP contribution in [0.25, 0.3) is 0 Å². The van der Waals surface area contributed by atoms with Crippen LogP contribution in [0.1, 0.15) is 42.6 Å². The molecule has 100 valence electrons. The van der Waals surface area contributed by atoms with E-state index in [0.29, 0.717) is 6.04 Å². The van der Waals surface area contributed by atoms with Crippen molar-refractivity contribution in [2.75, 3.05) is 7.05 Å². The van der Waals surface area contributed by atoms with E-state index in [1.165, 1.54) is 11.3 Å². The van der Waals surface area contributed by atoms with Gasteiger partial charge in [0.05, 0.1) is 5.69 Å². The third-order valence-electron chi connectivity index (χ3n) is 3.68. The molecular formula is C15H25N3. The lowest BCUT2D eigenvalue weighted by Gasteiger charge is -2.15. The van der Waals surface area contributed by atoms with Crippen LogP contribution in [0, 0.1) is 26.2 Å². The van der Waals surface area contributed by atoms with Crippen molar-refractivity contribution in [1.82, 2.24) is 15.1 Å². The zero-order valence-electron chi connectivity index (χ0n) is 12.1. The number of aryl methyl sites for hydroxylation is 2. The molecule has 0 saturated carbocycles. The number of rotatable bonds is 7. The van der Waals surface area contributed by atoms with Crippen molar-refractivity contribution in [1.29, 1.82) is 0 Å². The number of nitrogens with one attached hydrogen (secondary N) is 1. The zero-order valence-corrected chi connectivity index (χ0v) is 12.1. The van der Waals surface area contributed by atoms with E-state index in [4.69, 9.17) is 6.42 Å². The van der Waals surface area contributed by atoms with Crippen molar-refractivity contribution >= 4 is 0 Å². The Kier molecular flexibility index (Phi) is 5.94. The lowest BCUT2D eigenvalue weighted by molar-refractivity contribution is 0.477. The number of aromatic nitrogens is 2. The molecule has 0 spiro atoms. The monoisotopic (exact) mass is 247 g/mol. The van der Waals surface area contributed by atoms with E-state index in [0.717, 1.165) is 37.8 Å². The van der Waals surface area contributed by atoms with Gasteiger partial charge in [-0.3, -0.25) is 4.68 Å². The zero-order chi connectivity index (χ0) is 13.5. The van der Waals surface area contributed by atoms with Crippen LogP contribution < -0.4 is 5.32 Å². The Hall–Kier alpha value is -1.27. The van der Waals surface area contributed by atoms with Gasteiger partial charge in [0.15, 0.2) is 0 Å². The lowest BCUT2D eigenvalue weighted by atomic mass is 10.00. The summed E-state index contributed by atoms with van der Waals surface area (Å²) in [5, 5.41) is 7.84. The molecule has 0 saturated heterocycles. The SMILES string of the molecule is C#CCCCC(CCc1c(C)nn(C)c1C)NC. The number of nitrogens with zero attached hydrogens (tertiary/aromatic N) is 2. The summed E-state index contributed by atoms with van der Waals surface area (Å²) in [4.78, 5) is 0. The van der Waals surface area contributed by atoms with Gasteiger partial charge in [-0.15, -0.1) is 12.3 Å². The Labute approximate surface area is 111 Å². The normalized spacial score (nSPS) is 12.4. The van der Waals surface area contributed by atoms with Crippen molar-refractivity contribution in [2.45, 2.75) is 52.0 Å². The summed E-state index contributed by atoms with van der Waals surface area (Å²) in [5.41, 5.74) is 3.84. The summed E-state index contributed by atoms with van der Waals surface area (Å²) < 4.78 is 1.97. The average Bonchev–Trinajstić information content (AvgIpc) is 2.59. The molecule has 1 aromatic heterocycles. The smallest absolute Gasteiger partial charge is 0.0628 e. The second-order valence-electron chi connectivity index (χ2n) is 4.89. The van der Waals surface area contributed by atoms with Gasteiger partial charge in [-0.1, -0.05) is 0 Å². The van der Waals surface area contributed by atoms with Crippen molar-refractivity contribution in [3.8, 4) is 12.3 Å². The van der Waals surface area contributed by atoms with E-state index in [-0.39, 0.29) is 0 Å². The highest BCUT2D eigenvalue weighted by atomic mass is 15.3. The van der Waals surface area contributed by atoms with Crippen LogP contribution in [-0.4, -0.2) is 22.9 Å². The first kappa shape index (κ1) is 14.8. The molecule has 1 heterocycles. The Bertz CT molecular complexity index is 412. The van der Waals surface area contributed by atoms with Crippen LogP contribution in [0.15, 0.2) is 0 Å². The molecule has 1 atom stereocenters. The molecule has 0 aliphatic rings. The number of hydrogen-bond acceptors (Lipinski definition) is 2. The van der Waals surface area contributed by atoms with Crippen molar-refractivity contribution in [3.63, 3.8) is 0 Å². The molecule has 0 radical (unpaired) electrons. The number of terminal acetylenes is 1. The highest BCUT2D eigenvalue weighted by molar-refractivity contribution is 5.24. The summed E-state index contributed by atoms with van der Waals surface area (Å²) in [6, 6.07) is 0.553. The minimum atomic E-state index is 0.553. The quantitative estimate of drug-likeness (QED) is 0.592. The van der Waals surface area contributed by atoms with E-state index < -0.39 is 0 Å². The molecule has 0 aromatic carbocycles. The van der Waals surface area contributed by atoms with Crippen LogP contribution in [0.5, 0.6) is 0 Å². The molecule has 1 unspecified atom stereocenters. The summed E-state index contributed by atoms with van der Waals surface area (Å²) in [6.07, 6.45) is 10.7. The standard InChI is InChI=1S/C15H25N3/c1-6-7-8-9-14(16-4)10-11-15-12(2)17-18(5)13(15)3/h1,14,16H,7-11H2,2-5H3. The van der Waals surface area contributed by atoms with Crippen molar-refractivity contribution < 1.29 is 0 Å². The fourth-order valence-electron chi connectivity index (χ4n) is 2.38. The molecule has 3 nitrogen and oxygen atoms in total. The fourth-order valence-corrected chi connectivity index (χ4v) is 2.38. The van der Waals surface area contributed by atoms with Gasteiger partial charge in [0.25, 0.3) is 0 Å². The summed E-state index contributed by atoms with van der Waals surface area (Å²) >= 11 is 0. The van der Waals surface area contributed by atoms with Gasteiger partial charge in [0.2, 0.25) is 0 Å². The predicted molar refractivity (Wildman–Crippen MR) is 76.5 cm³/mol. The summed E-state index contributed by atoms with van der Waals surface area (Å²) in [5.74, 6) is 2.70. The number of unbranched alkanes of at least 4 members (excludes halogenated alkanes) is 1. The largest absolute Gasteiger partial charge is 0.317 e. The molecule has 0 amide bonds. The molecule has 1 rings (SSSR count). The van der Waals surface area contributed by atoms with Crippen molar-refractivity contribution in [3.05, 3.63) is 17.0 Å². The summed E-state index contributed by atoms with van der Waals surface area (Å²) in [6.45, 7) is 4.23. The van der Waals surface area contributed by atoms with Crippen LogP contribution in [0.2, 0.25) is 0 Å². The highest BCUT2D eigenvalue weighted by Gasteiger charge is 2.12. The Morgan fingerprint density at radius 3 is 2.61 bits per heavy atom. The van der Waals surface area contributed by atoms with Crippen LogP contribution in [-0.2, 0) is 13.5 Å². The first-order valence-corrected chi connectivity index (χ1v) is 6.70. The Morgan fingerprint density at radius 1 is 1.39 bits per heavy atom. The maximum Gasteiger partial charge on any atom is 0.0628 e. The maximum absolute atomic E-state index is 5.28. The van der Waals surface area contributed by atoms with Gasteiger partial charge in [-0.05, 0) is 52.1 Å². The van der Waals surface area contributed by atoms with Crippen LogP contribution >= 0.6 is 0 Å². The molecule has 3 heteroatoms. The molecule has 0 aliphatic carbocycles. The average molecular weight is 247 g/mol. The molecule has 18 heavy (non-hydrogen) atoms. The predicted octanol–water partition coefficient (Wildman–Crippen LogP) is 2.36. The van der Waals surface area contributed by atoms with Gasteiger partial charge in [0, 0.05) is 25.2 Å². The Morgan fingerprint density at radius 2 is 2.11 bits per heavy atom. The number of hydrogen-bond donors (Lipinski definition) is 1. The molecule has 0 fully saturated rings. The first-order chi connectivity index (χ1) is 8.60. The molecule has 0 bridgehead atoms. The third kappa shape index (κ3) is 3.89. The molecular weight excluding hydrogens is 222 g/mol. The van der Waals surface area contributed by atoms with Gasteiger partial charge in [-0.2, -0.15) is 5.10 Å². The summed E-state index contributed by atoms with van der Waals surface area (Å²) in [7, 11) is 4.04. The van der Waals surface area contributed by atoms with Crippen LogP contribution in [0.3, 0.4) is 0 Å². The topological polar surface area (TPSA) is 29.9 Å². The minimum absolute atomic E-state index is 0.553. The van der Waals surface area contributed by atoms with Gasteiger partial charge in [0.1, 0.15) is 0 Å². The van der Waals surface area contributed by atoms with Crippen LogP contribution in [0.4, 0.5) is 0 Å². The van der Waals surface area contributed by atoms with E-state index in [2.05, 4.69) is 30.2 Å². The maximum atomic E-state index is 5.28. The lowest BCUT2D eigenvalue weighted by Crippen LogP contribution is -2.25. The first-order valence-electron chi connectivity index (χ1n) is 6.70.